The first-order valence-electron chi connectivity index (χ1n) is 5.63. The van der Waals surface area contributed by atoms with Crippen LogP contribution in [0.5, 0.6) is 0 Å². The van der Waals surface area contributed by atoms with Gasteiger partial charge in [0, 0.05) is 18.4 Å². The maximum atomic E-state index is 11.1. The molecule has 2 aromatic heterocycles. The number of hydrogen-bond donors (Lipinski definition) is 2. The molecule has 0 bridgehead atoms. The zero-order valence-electron chi connectivity index (χ0n) is 10.4. The van der Waals surface area contributed by atoms with Crippen LogP contribution in [0.25, 0.3) is 5.65 Å². The van der Waals surface area contributed by atoms with E-state index in [4.69, 9.17) is 11.5 Å². The normalized spacial score (nSPS) is 11.1. The summed E-state index contributed by atoms with van der Waals surface area (Å²) in [5.41, 5.74) is 11.7. The second-order valence-corrected chi connectivity index (χ2v) is 4.34. The van der Waals surface area contributed by atoms with E-state index >= 15 is 0 Å². The van der Waals surface area contributed by atoms with Gasteiger partial charge in [-0.05, 0) is 13.8 Å². The van der Waals surface area contributed by atoms with Crippen LogP contribution in [0.3, 0.4) is 0 Å². The highest BCUT2D eigenvalue weighted by molar-refractivity contribution is 5.81. The van der Waals surface area contributed by atoms with Crippen molar-refractivity contribution in [3.05, 3.63) is 18.6 Å². The fourth-order valence-corrected chi connectivity index (χ4v) is 1.80. The first kappa shape index (κ1) is 12.2. The van der Waals surface area contributed by atoms with Crippen LogP contribution in [-0.4, -0.2) is 32.9 Å². The Morgan fingerprint density at radius 2 is 2.28 bits per heavy atom. The molecule has 0 fully saturated rings. The van der Waals surface area contributed by atoms with Gasteiger partial charge < -0.3 is 20.8 Å². The van der Waals surface area contributed by atoms with E-state index in [-0.39, 0.29) is 12.6 Å². The van der Waals surface area contributed by atoms with Crippen LogP contribution in [-0.2, 0) is 4.79 Å². The fourth-order valence-electron chi connectivity index (χ4n) is 1.80. The SMILES string of the molecule is CC(C)N(CC(N)=O)c1nc(N)cn2ccnc12. The van der Waals surface area contributed by atoms with Crippen molar-refractivity contribution in [1.82, 2.24) is 14.4 Å². The van der Waals surface area contributed by atoms with Crippen molar-refractivity contribution >= 4 is 23.2 Å². The number of aromatic nitrogens is 3. The summed E-state index contributed by atoms with van der Waals surface area (Å²) in [5, 5.41) is 0. The Labute approximate surface area is 104 Å². The van der Waals surface area contributed by atoms with Crippen molar-refractivity contribution in [2.24, 2.45) is 5.73 Å². The van der Waals surface area contributed by atoms with E-state index < -0.39 is 5.91 Å². The number of fused-ring (bicyclic) bond motifs is 1. The highest BCUT2D eigenvalue weighted by atomic mass is 16.1. The Bertz CT molecular complexity index is 576. The van der Waals surface area contributed by atoms with E-state index in [1.165, 1.54) is 0 Å². The van der Waals surface area contributed by atoms with Gasteiger partial charge in [-0.1, -0.05) is 0 Å². The van der Waals surface area contributed by atoms with E-state index in [0.717, 1.165) is 0 Å². The Morgan fingerprint density at radius 1 is 1.56 bits per heavy atom. The molecule has 2 rings (SSSR count). The van der Waals surface area contributed by atoms with Crippen molar-refractivity contribution in [2.45, 2.75) is 19.9 Å². The van der Waals surface area contributed by atoms with Gasteiger partial charge in [0.1, 0.15) is 5.82 Å². The largest absolute Gasteiger partial charge is 0.382 e. The molecule has 96 valence electrons. The third kappa shape index (κ3) is 2.20. The molecular formula is C11H16N6O. The van der Waals surface area contributed by atoms with Crippen LogP contribution in [0, 0.1) is 0 Å². The van der Waals surface area contributed by atoms with Gasteiger partial charge in [0.15, 0.2) is 11.5 Å². The molecule has 18 heavy (non-hydrogen) atoms. The van der Waals surface area contributed by atoms with Gasteiger partial charge in [-0.2, -0.15) is 0 Å². The summed E-state index contributed by atoms with van der Waals surface area (Å²) in [6, 6.07) is 0.0623. The summed E-state index contributed by atoms with van der Waals surface area (Å²) in [4.78, 5) is 21.4. The van der Waals surface area contributed by atoms with Gasteiger partial charge in [0.2, 0.25) is 5.91 Å². The van der Waals surface area contributed by atoms with Crippen molar-refractivity contribution in [3.63, 3.8) is 0 Å². The minimum Gasteiger partial charge on any atom is -0.382 e. The van der Waals surface area contributed by atoms with E-state index in [1.807, 2.05) is 13.8 Å². The maximum absolute atomic E-state index is 11.1. The molecule has 4 N–H and O–H groups in total. The minimum absolute atomic E-state index is 0.0623. The van der Waals surface area contributed by atoms with E-state index in [2.05, 4.69) is 9.97 Å². The molecule has 0 radical (unpaired) electrons. The predicted octanol–water partition coefficient (Wildman–Crippen LogP) is 0.0116. The number of imidazole rings is 1. The number of anilines is 2. The summed E-state index contributed by atoms with van der Waals surface area (Å²) in [5.74, 6) is 0.511. The lowest BCUT2D eigenvalue weighted by molar-refractivity contribution is -0.116. The molecule has 0 aromatic carbocycles. The van der Waals surface area contributed by atoms with Crippen LogP contribution in [0.4, 0.5) is 11.6 Å². The van der Waals surface area contributed by atoms with E-state index in [9.17, 15) is 4.79 Å². The van der Waals surface area contributed by atoms with Gasteiger partial charge in [-0.15, -0.1) is 0 Å². The van der Waals surface area contributed by atoms with Gasteiger partial charge in [0.25, 0.3) is 0 Å². The van der Waals surface area contributed by atoms with Crippen LogP contribution < -0.4 is 16.4 Å². The zero-order valence-corrected chi connectivity index (χ0v) is 10.4. The maximum Gasteiger partial charge on any atom is 0.237 e. The van der Waals surface area contributed by atoms with Crippen LogP contribution in [0.1, 0.15) is 13.8 Å². The summed E-state index contributed by atoms with van der Waals surface area (Å²) in [6.07, 6.45) is 5.11. The number of carbonyl (C=O) groups excluding carboxylic acids is 1. The minimum atomic E-state index is -0.419. The highest BCUT2D eigenvalue weighted by Gasteiger charge is 2.19. The van der Waals surface area contributed by atoms with Crippen LogP contribution in [0.15, 0.2) is 18.6 Å². The number of hydrogen-bond acceptors (Lipinski definition) is 5. The number of amides is 1. The Kier molecular flexibility index (Phi) is 3.05. The molecule has 0 spiro atoms. The zero-order chi connectivity index (χ0) is 13.3. The first-order chi connectivity index (χ1) is 8.49. The number of primary amides is 1. The molecule has 7 heteroatoms. The second kappa shape index (κ2) is 4.52. The van der Waals surface area contributed by atoms with Gasteiger partial charge in [-0.3, -0.25) is 4.79 Å². The summed E-state index contributed by atoms with van der Waals surface area (Å²) < 4.78 is 1.77. The van der Waals surface area contributed by atoms with Gasteiger partial charge >= 0.3 is 0 Å². The number of nitrogens with two attached hydrogens (primary N) is 2. The molecule has 2 heterocycles. The molecule has 0 atom stereocenters. The molecule has 0 saturated carbocycles. The van der Waals surface area contributed by atoms with Crippen molar-refractivity contribution in [3.8, 4) is 0 Å². The van der Waals surface area contributed by atoms with Crippen molar-refractivity contribution in [2.75, 3.05) is 17.2 Å². The second-order valence-electron chi connectivity index (χ2n) is 4.34. The summed E-state index contributed by atoms with van der Waals surface area (Å²) in [7, 11) is 0. The smallest absolute Gasteiger partial charge is 0.237 e. The number of nitrogen functional groups attached to an aromatic ring is 1. The summed E-state index contributed by atoms with van der Waals surface area (Å²) >= 11 is 0. The van der Waals surface area contributed by atoms with Crippen LogP contribution in [0.2, 0.25) is 0 Å². The third-order valence-electron chi connectivity index (χ3n) is 2.60. The quantitative estimate of drug-likeness (QED) is 0.793. The average molecular weight is 248 g/mol. The third-order valence-corrected chi connectivity index (χ3v) is 2.60. The van der Waals surface area contributed by atoms with Gasteiger partial charge in [0.05, 0.1) is 12.7 Å². The monoisotopic (exact) mass is 248 g/mol. The lowest BCUT2D eigenvalue weighted by Crippen LogP contribution is -2.39. The van der Waals surface area contributed by atoms with Crippen molar-refractivity contribution < 1.29 is 4.79 Å². The molecule has 0 saturated heterocycles. The van der Waals surface area contributed by atoms with E-state index in [0.29, 0.717) is 17.3 Å². The Balaban J connectivity index is 2.55. The van der Waals surface area contributed by atoms with Crippen LogP contribution >= 0.6 is 0 Å². The molecule has 0 aliphatic rings. The lowest BCUT2D eigenvalue weighted by Gasteiger charge is -2.26. The molecule has 2 aromatic rings. The molecule has 7 nitrogen and oxygen atoms in total. The number of rotatable bonds is 4. The van der Waals surface area contributed by atoms with Crippen molar-refractivity contribution in [1.29, 1.82) is 0 Å². The van der Waals surface area contributed by atoms with Gasteiger partial charge in [-0.25, -0.2) is 9.97 Å². The molecular weight excluding hydrogens is 232 g/mol. The Morgan fingerprint density at radius 3 is 2.89 bits per heavy atom. The standard InChI is InChI=1S/C11H16N6O/c1-7(2)17(6-9(13)18)11-10-14-3-4-16(10)5-8(12)15-11/h3-5,7H,6,12H2,1-2H3,(H2,13,18). The molecule has 0 aliphatic heterocycles. The van der Waals surface area contributed by atoms with E-state index in [1.54, 1.807) is 27.9 Å². The number of carbonyl (C=O) groups is 1. The molecule has 0 aliphatic carbocycles. The first-order valence-corrected chi connectivity index (χ1v) is 5.63. The highest BCUT2D eigenvalue weighted by Crippen LogP contribution is 2.21. The topological polar surface area (TPSA) is 103 Å². The molecule has 0 unspecified atom stereocenters. The average Bonchev–Trinajstić information content (AvgIpc) is 2.71. The predicted molar refractivity (Wildman–Crippen MR) is 69.1 cm³/mol. The lowest BCUT2D eigenvalue weighted by atomic mass is 10.3. The molecule has 1 amide bonds. The number of nitrogens with zero attached hydrogens (tertiary/aromatic N) is 4. The summed E-state index contributed by atoms with van der Waals surface area (Å²) in [6.45, 7) is 3.98. The Hall–Kier alpha value is -2.31. The fraction of sp³-hybridized carbons (Fsp3) is 0.364.